The van der Waals surface area contributed by atoms with Crippen LogP contribution in [0.1, 0.15) is 45.6 Å². The lowest BCUT2D eigenvalue weighted by molar-refractivity contribution is -0.145. The van der Waals surface area contributed by atoms with E-state index in [9.17, 15) is 9.90 Å². The molecule has 0 aromatic carbocycles. The Morgan fingerprint density at radius 3 is 2.54 bits per heavy atom. The number of piperidine rings is 1. The monoisotopic (exact) mass is 396 g/mol. The molecule has 2 atom stereocenters. The molecule has 24 heavy (non-hydrogen) atoms. The minimum atomic E-state index is -0.941. The number of fused-ring (bicyclic) bond motifs is 2. The second kappa shape index (κ2) is 6.30. The van der Waals surface area contributed by atoms with E-state index in [-0.39, 0.29) is 17.9 Å². The summed E-state index contributed by atoms with van der Waals surface area (Å²) in [5, 5.41) is 11.6. The van der Waals surface area contributed by atoms with Gasteiger partial charge in [0.1, 0.15) is 15.8 Å². The number of ether oxygens (including phenoxy) is 1. The summed E-state index contributed by atoms with van der Waals surface area (Å²) in [6, 6.07) is 3.79. The van der Waals surface area contributed by atoms with Crippen molar-refractivity contribution in [1.82, 2.24) is 9.88 Å². The molecule has 1 saturated heterocycles. The number of amides is 1. The summed E-state index contributed by atoms with van der Waals surface area (Å²) in [6.07, 6.45) is 4.30. The third-order valence-electron chi connectivity index (χ3n) is 5.07. The third-order valence-corrected chi connectivity index (χ3v) is 5.71. The molecule has 1 aliphatic carbocycles. The fraction of sp³-hybridized carbons (Fsp3) is 0.667. The molecule has 1 aromatic heterocycles. The second-order valence-corrected chi connectivity index (χ2v) is 8.63. The highest BCUT2D eigenvalue weighted by atomic mass is 79.9. The summed E-state index contributed by atoms with van der Waals surface area (Å²) in [4.78, 5) is 18.5. The number of likely N-dealkylation sites (tertiary alicyclic amines) is 1. The van der Waals surface area contributed by atoms with E-state index in [1.165, 1.54) is 0 Å². The number of pyridine rings is 1. The zero-order valence-electron chi connectivity index (χ0n) is 14.5. The smallest absolute Gasteiger partial charge is 0.410 e. The number of carbonyl (C=O) groups is 1. The Balaban J connectivity index is 1.87. The van der Waals surface area contributed by atoms with Crippen molar-refractivity contribution in [2.45, 2.75) is 51.2 Å². The molecule has 3 rings (SSSR count). The van der Waals surface area contributed by atoms with E-state index in [0.717, 1.165) is 24.8 Å². The SMILES string of the molecule is CC(C)(C)OC(=O)N1CC2CCCC(C1)C2(O)c1cccnc1Br. The summed E-state index contributed by atoms with van der Waals surface area (Å²) in [5.41, 5.74) is -0.612. The molecule has 0 spiro atoms. The average Bonchev–Trinajstić information content (AvgIpc) is 2.45. The van der Waals surface area contributed by atoms with Crippen LogP contribution in [0, 0.1) is 11.8 Å². The predicted molar refractivity (Wildman–Crippen MR) is 94.5 cm³/mol. The zero-order valence-corrected chi connectivity index (χ0v) is 16.0. The predicted octanol–water partition coefficient (Wildman–Crippen LogP) is 3.70. The van der Waals surface area contributed by atoms with Gasteiger partial charge >= 0.3 is 6.09 Å². The van der Waals surface area contributed by atoms with Gasteiger partial charge in [0.2, 0.25) is 0 Å². The first kappa shape index (κ1) is 17.7. The number of hydrogen-bond donors (Lipinski definition) is 1. The molecule has 1 aliphatic heterocycles. The standard InChI is InChI=1S/C18H25BrN2O3/c1-17(2,3)24-16(22)21-10-12-6-4-7-13(11-21)18(12,23)14-8-5-9-20-15(14)19/h5,8-9,12-13,23H,4,6-7,10-11H2,1-3H3. The van der Waals surface area contributed by atoms with Gasteiger partial charge in [-0.2, -0.15) is 0 Å². The van der Waals surface area contributed by atoms with Crippen molar-refractivity contribution in [2.24, 2.45) is 11.8 Å². The molecule has 2 unspecified atom stereocenters. The summed E-state index contributed by atoms with van der Waals surface area (Å²) >= 11 is 3.48. The first-order valence-electron chi connectivity index (χ1n) is 8.53. The molecular weight excluding hydrogens is 372 g/mol. The van der Waals surface area contributed by atoms with Crippen LogP contribution in [0.2, 0.25) is 0 Å². The molecule has 2 heterocycles. The van der Waals surface area contributed by atoms with Gasteiger partial charge in [-0.05, 0) is 55.6 Å². The van der Waals surface area contributed by atoms with Gasteiger partial charge in [0.25, 0.3) is 0 Å². The van der Waals surface area contributed by atoms with Crippen molar-refractivity contribution < 1.29 is 14.6 Å². The van der Waals surface area contributed by atoms with Crippen LogP contribution in [0.25, 0.3) is 0 Å². The van der Waals surface area contributed by atoms with Gasteiger partial charge in [0.15, 0.2) is 0 Å². The summed E-state index contributed by atoms with van der Waals surface area (Å²) in [7, 11) is 0. The van der Waals surface area contributed by atoms with Gasteiger partial charge in [-0.25, -0.2) is 9.78 Å². The largest absolute Gasteiger partial charge is 0.444 e. The van der Waals surface area contributed by atoms with Crippen molar-refractivity contribution in [3.8, 4) is 0 Å². The highest BCUT2D eigenvalue weighted by molar-refractivity contribution is 9.10. The van der Waals surface area contributed by atoms with Crippen LogP contribution in [-0.2, 0) is 10.3 Å². The Morgan fingerprint density at radius 2 is 2.00 bits per heavy atom. The molecule has 6 heteroatoms. The Bertz CT molecular complexity index is 615. The van der Waals surface area contributed by atoms with E-state index in [2.05, 4.69) is 20.9 Å². The lowest BCUT2D eigenvalue weighted by Crippen LogP contribution is -2.59. The highest BCUT2D eigenvalue weighted by Crippen LogP contribution is 2.50. The normalized spacial score (nSPS) is 30.1. The van der Waals surface area contributed by atoms with Crippen LogP contribution >= 0.6 is 15.9 Å². The maximum absolute atomic E-state index is 12.5. The Labute approximate surface area is 151 Å². The number of halogens is 1. The fourth-order valence-corrected chi connectivity index (χ4v) is 4.62. The highest BCUT2D eigenvalue weighted by Gasteiger charge is 2.53. The summed E-state index contributed by atoms with van der Waals surface area (Å²) < 4.78 is 6.21. The van der Waals surface area contributed by atoms with Crippen molar-refractivity contribution in [1.29, 1.82) is 0 Å². The molecule has 0 radical (unpaired) electrons. The van der Waals surface area contributed by atoms with Crippen LogP contribution in [0.5, 0.6) is 0 Å². The van der Waals surface area contributed by atoms with E-state index in [4.69, 9.17) is 4.74 Å². The zero-order chi connectivity index (χ0) is 17.5. The van der Waals surface area contributed by atoms with E-state index < -0.39 is 11.2 Å². The minimum absolute atomic E-state index is 0.00183. The van der Waals surface area contributed by atoms with Gasteiger partial charge in [-0.3, -0.25) is 0 Å². The van der Waals surface area contributed by atoms with Crippen LogP contribution in [0.3, 0.4) is 0 Å². The molecule has 1 aromatic rings. The fourth-order valence-electron chi connectivity index (χ4n) is 4.05. The number of aliphatic hydroxyl groups is 1. The molecule has 1 N–H and O–H groups in total. The van der Waals surface area contributed by atoms with Crippen LogP contribution in [-0.4, -0.2) is 39.8 Å². The number of hydrogen-bond acceptors (Lipinski definition) is 4. The molecule has 2 bridgehead atoms. The average molecular weight is 397 g/mol. The van der Waals surface area contributed by atoms with E-state index in [1.807, 2.05) is 32.9 Å². The van der Waals surface area contributed by atoms with Crippen LogP contribution in [0.4, 0.5) is 4.79 Å². The van der Waals surface area contributed by atoms with Crippen molar-refractivity contribution in [2.75, 3.05) is 13.1 Å². The summed E-state index contributed by atoms with van der Waals surface area (Å²) in [6.45, 7) is 6.66. The molecular formula is C18H25BrN2O3. The number of nitrogens with zero attached hydrogens (tertiary/aromatic N) is 2. The Morgan fingerprint density at radius 1 is 1.38 bits per heavy atom. The first-order chi connectivity index (χ1) is 11.2. The molecule has 2 fully saturated rings. The maximum atomic E-state index is 12.5. The Hall–Kier alpha value is -1.14. The van der Waals surface area contributed by atoms with Gasteiger partial charge < -0.3 is 14.7 Å². The van der Waals surface area contributed by atoms with Gasteiger partial charge in [-0.15, -0.1) is 0 Å². The van der Waals surface area contributed by atoms with Crippen LogP contribution in [0.15, 0.2) is 22.9 Å². The van der Waals surface area contributed by atoms with E-state index >= 15 is 0 Å². The van der Waals surface area contributed by atoms with Gasteiger partial charge in [-0.1, -0.05) is 12.5 Å². The van der Waals surface area contributed by atoms with E-state index in [0.29, 0.717) is 17.7 Å². The minimum Gasteiger partial charge on any atom is -0.444 e. The maximum Gasteiger partial charge on any atom is 0.410 e. The lowest BCUT2D eigenvalue weighted by Gasteiger charge is -2.53. The Kier molecular flexibility index (Phi) is 4.64. The first-order valence-corrected chi connectivity index (χ1v) is 9.32. The van der Waals surface area contributed by atoms with E-state index in [1.54, 1.807) is 11.1 Å². The number of aromatic nitrogens is 1. The molecule has 1 saturated carbocycles. The number of carbonyl (C=O) groups excluding carboxylic acids is 1. The van der Waals surface area contributed by atoms with Gasteiger partial charge in [0.05, 0.1) is 0 Å². The topological polar surface area (TPSA) is 62.7 Å². The lowest BCUT2D eigenvalue weighted by atomic mass is 9.63. The molecule has 5 nitrogen and oxygen atoms in total. The van der Waals surface area contributed by atoms with Crippen molar-refractivity contribution >= 4 is 22.0 Å². The second-order valence-electron chi connectivity index (χ2n) is 7.88. The van der Waals surface area contributed by atoms with Gasteiger partial charge in [0, 0.05) is 36.7 Å². The summed E-state index contributed by atoms with van der Waals surface area (Å²) in [5.74, 6) is -0.00367. The van der Waals surface area contributed by atoms with Crippen LogP contribution < -0.4 is 0 Å². The van der Waals surface area contributed by atoms with Crippen molar-refractivity contribution in [3.63, 3.8) is 0 Å². The third kappa shape index (κ3) is 3.18. The molecule has 1 amide bonds. The van der Waals surface area contributed by atoms with Crippen molar-refractivity contribution in [3.05, 3.63) is 28.5 Å². The number of rotatable bonds is 1. The quantitative estimate of drug-likeness (QED) is 0.735. The molecule has 2 aliphatic rings. The molecule has 132 valence electrons.